The Morgan fingerprint density at radius 1 is 1.03 bits per heavy atom. The number of carbonyl (C=O) groups is 4. The molecule has 1 saturated heterocycles. The second-order valence-electron chi connectivity index (χ2n) is 7.34. The maximum absolute atomic E-state index is 12.8. The first-order valence-corrected chi connectivity index (χ1v) is 10.6. The fourth-order valence-corrected chi connectivity index (χ4v) is 3.29. The molecule has 0 radical (unpaired) electrons. The number of piperazine rings is 1. The molecule has 2 aliphatic heterocycles. The number of amides is 2. The molecular weight excluding hydrogens is 484 g/mol. The number of pyridine rings is 1. The highest BCUT2D eigenvalue weighted by molar-refractivity contribution is 6.30. The van der Waals surface area contributed by atoms with Gasteiger partial charge in [0.05, 0.1) is 5.02 Å². The van der Waals surface area contributed by atoms with Crippen LogP contribution in [0.15, 0.2) is 42.9 Å². The van der Waals surface area contributed by atoms with Crippen molar-refractivity contribution in [1.82, 2.24) is 24.8 Å². The predicted octanol–water partition coefficient (Wildman–Crippen LogP) is 1.28. The number of carboxylic acid groups (broad SMARTS) is 2. The summed E-state index contributed by atoms with van der Waals surface area (Å²) in [6, 6.07) is 3.20. The Balaban J connectivity index is 0.000000371. The van der Waals surface area contributed by atoms with E-state index in [1.54, 1.807) is 17.0 Å². The van der Waals surface area contributed by atoms with Crippen LogP contribution in [0.4, 0.5) is 10.6 Å². The van der Waals surface area contributed by atoms with Crippen molar-refractivity contribution in [2.45, 2.75) is 6.23 Å². The van der Waals surface area contributed by atoms with Crippen LogP contribution in [-0.2, 0) is 14.3 Å². The van der Waals surface area contributed by atoms with Gasteiger partial charge in [0.2, 0.25) is 6.23 Å². The lowest BCUT2D eigenvalue weighted by molar-refractivity contribution is -0.134. The molecule has 0 saturated carbocycles. The van der Waals surface area contributed by atoms with E-state index in [0.717, 1.165) is 13.1 Å². The van der Waals surface area contributed by atoms with Gasteiger partial charge in [0.15, 0.2) is 5.69 Å². The molecule has 2 N–H and O–H groups in total. The molecule has 1 atom stereocenters. The van der Waals surface area contributed by atoms with Crippen molar-refractivity contribution in [2.24, 2.45) is 0 Å². The molecule has 35 heavy (non-hydrogen) atoms. The zero-order valence-corrected chi connectivity index (χ0v) is 19.2. The summed E-state index contributed by atoms with van der Waals surface area (Å²) in [5.41, 5.74) is 0.437. The van der Waals surface area contributed by atoms with Crippen LogP contribution in [0.5, 0.6) is 0 Å². The molecule has 2 aromatic heterocycles. The maximum atomic E-state index is 12.8. The molecule has 0 bridgehead atoms. The maximum Gasteiger partial charge on any atom is 0.412 e. The number of hydrogen-bond acceptors (Lipinski definition) is 9. The molecule has 4 rings (SSSR count). The minimum Gasteiger partial charge on any atom is -0.478 e. The molecule has 2 aliphatic rings. The van der Waals surface area contributed by atoms with E-state index in [9.17, 15) is 19.2 Å². The van der Waals surface area contributed by atoms with Crippen molar-refractivity contribution in [2.75, 3.05) is 38.1 Å². The van der Waals surface area contributed by atoms with E-state index in [0.29, 0.717) is 41.8 Å². The molecular formula is C21H21ClN6O7. The van der Waals surface area contributed by atoms with Gasteiger partial charge in [0, 0.05) is 56.9 Å². The Labute approximate surface area is 204 Å². The monoisotopic (exact) mass is 504 g/mol. The Morgan fingerprint density at radius 3 is 2.23 bits per heavy atom. The van der Waals surface area contributed by atoms with Crippen molar-refractivity contribution < 1.29 is 34.1 Å². The lowest BCUT2D eigenvalue weighted by Gasteiger charge is -2.33. The van der Waals surface area contributed by atoms with E-state index in [1.807, 2.05) is 7.05 Å². The number of carbonyl (C=O) groups excluding carboxylic acids is 2. The van der Waals surface area contributed by atoms with Crippen molar-refractivity contribution in [1.29, 1.82) is 0 Å². The third-order valence-corrected chi connectivity index (χ3v) is 5.14. The number of likely N-dealkylation sites (N-methyl/N-ethyl adjacent to an activating group) is 1. The number of aromatic nitrogens is 3. The van der Waals surface area contributed by atoms with Gasteiger partial charge in [-0.05, 0) is 19.2 Å². The number of nitrogens with zero attached hydrogens (tertiary/aromatic N) is 6. The number of anilines is 1. The lowest BCUT2D eigenvalue weighted by Crippen LogP contribution is -2.48. The zero-order valence-electron chi connectivity index (χ0n) is 18.4. The average Bonchev–Trinajstić information content (AvgIpc) is 3.11. The smallest absolute Gasteiger partial charge is 0.412 e. The molecule has 0 spiro atoms. The van der Waals surface area contributed by atoms with Gasteiger partial charge in [-0.1, -0.05) is 11.6 Å². The summed E-state index contributed by atoms with van der Waals surface area (Å²) in [7, 11) is 2.00. The highest BCUT2D eigenvalue weighted by atomic mass is 35.5. The Hall–Kier alpha value is -4.10. The van der Waals surface area contributed by atoms with Crippen LogP contribution in [-0.4, -0.2) is 92.1 Å². The minimum atomic E-state index is -1.26. The first-order chi connectivity index (χ1) is 16.7. The molecule has 1 fully saturated rings. The number of fused-ring (bicyclic) bond motifs is 1. The molecule has 0 aliphatic carbocycles. The van der Waals surface area contributed by atoms with Crippen LogP contribution in [0.3, 0.4) is 0 Å². The van der Waals surface area contributed by atoms with Crippen molar-refractivity contribution in [3.8, 4) is 0 Å². The van der Waals surface area contributed by atoms with Crippen molar-refractivity contribution in [3.63, 3.8) is 0 Å². The second kappa shape index (κ2) is 11.4. The summed E-state index contributed by atoms with van der Waals surface area (Å²) >= 11 is 5.89. The highest BCUT2D eigenvalue weighted by Gasteiger charge is 2.44. The standard InChI is InChI=1S/C17H17ClN6O3.C4H4O4/c1-22-6-8-23(9-7-22)17(26)27-16-14-13(19-4-5-20-14)15(25)24(16)12-3-2-11(18)10-21-12;5-3(6)1-2-4(7)8/h2-5,10,16H,6-9H2,1H3;1-2H,(H,5,6)(H,7,8). The summed E-state index contributed by atoms with van der Waals surface area (Å²) in [5, 5.41) is 16.1. The van der Waals surface area contributed by atoms with Crippen LogP contribution < -0.4 is 4.90 Å². The summed E-state index contributed by atoms with van der Waals surface area (Å²) in [6.45, 7) is 2.64. The number of halogens is 1. The van der Waals surface area contributed by atoms with Crippen LogP contribution in [0, 0.1) is 0 Å². The number of hydrogen-bond donors (Lipinski definition) is 2. The molecule has 0 aromatic carbocycles. The van der Waals surface area contributed by atoms with Crippen molar-refractivity contribution in [3.05, 3.63) is 59.3 Å². The highest BCUT2D eigenvalue weighted by Crippen LogP contribution is 2.35. The zero-order chi connectivity index (χ0) is 25.5. The molecule has 14 heteroatoms. The van der Waals surface area contributed by atoms with E-state index in [-0.39, 0.29) is 5.69 Å². The first-order valence-electron chi connectivity index (χ1n) is 10.2. The predicted molar refractivity (Wildman–Crippen MR) is 121 cm³/mol. The summed E-state index contributed by atoms with van der Waals surface area (Å²) in [5.74, 6) is -2.63. The fourth-order valence-electron chi connectivity index (χ4n) is 3.18. The van der Waals surface area contributed by atoms with Gasteiger partial charge in [-0.3, -0.25) is 9.78 Å². The summed E-state index contributed by atoms with van der Waals surface area (Å²) in [6.07, 6.45) is 3.90. The second-order valence-corrected chi connectivity index (χ2v) is 7.77. The minimum absolute atomic E-state index is 0.144. The summed E-state index contributed by atoms with van der Waals surface area (Å²) < 4.78 is 5.68. The molecule has 4 heterocycles. The van der Waals surface area contributed by atoms with Crippen LogP contribution in [0.1, 0.15) is 22.4 Å². The Kier molecular flexibility index (Phi) is 8.28. The number of aliphatic carboxylic acids is 2. The van der Waals surface area contributed by atoms with Gasteiger partial charge < -0.3 is 24.7 Å². The molecule has 2 aromatic rings. The number of ether oxygens (including phenoxy) is 1. The first kappa shape index (κ1) is 25.5. The van der Waals surface area contributed by atoms with Crippen LogP contribution in [0.25, 0.3) is 0 Å². The number of rotatable bonds is 4. The van der Waals surface area contributed by atoms with E-state index in [1.165, 1.54) is 23.5 Å². The Bertz CT molecular complexity index is 1120. The molecule has 1 unspecified atom stereocenters. The van der Waals surface area contributed by atoms with Crippen molar-refractivity contribution >= 4 is 41.4 Å². The molecule has 13 nitrogen and oxygen atoms in total. The number of carboxylic acids is 2. The molecule has 184 valence electrons. The van der Waals surface area contributed by atoms with Gasteiger partial charge in [-0.25, -0.2) is 29.3 Å². The average molecular weight is 505 g/mol. The fraction of sp³-hybridized carbons (Fsp3) is 0.286. The van der Waals surface area contributed by atoms with Crippen LogP contribution >= 0.6 is 11.6 Å². The van der Waals surface area contributed by atoms with E-state index in [4.69, 9.17) is 26.6 Å². The van der Waals surface area contributed by atoms with E-state index < -0.39 is 30.2 Å². The normalized spacial score (nSPS) is 17.5. The SMILES string of the molecule is CN1CCN(C(=O)OC2c3nccnc3C(=O)N2c2ccc(Cl)cn2)CC1.O=C(O)C=CC(=O)O. The quantitative estimate of drug-likeness (QED) is 0.575. The van der Waals surface area contributed by atoms with Crippen LogP contribution in [0.2, 0.25) is 5.02 Å². The third kappa shape index (κ3) is 6.49. The summed E-state index contributed by atoms with van der Waals surface area (Å²) in [4.78, 5) is 62.1. The molecule has 2 amide bonds. The van der Waals surface area contributed by atoms with Gasteiger partial charge >= 0.3 is 18.0 Å². The van der Waals surface area contributed by atoms with Gasteiger partial charge in [0.1, 0.15) is 11.5 Å². The van der Waals surface area contributed by atoms with E-state index >= 15 is 0 Å². The van der Waals surface area contributed by atoms with E-state index in [2.05, 4.69) is 19.9 Å². The third-order valence-electron chi connectivity index (χ3n) is 4.92. The van der Waals surface area contributed by atoms with Gasteiger partial charge in [-0.15, -0.1) is 0 Å². The largest absolute Gasteiger partial charge is 0.478 e. The lowest BCUT2D eigenvalue weighted by atomic mass is 10.3. The Morgan fingerprint density at radius 2 is 1.66 bits per heavy atom. The topological polar surface area (TPSA) is 166 Å². The van der Waals surface area contributed by atoms with Gasteiger partial charge in [0.25, 0.3) is 5.91 Å². The van der Waals surface area contributed by atoms with Gasteiger partial charge in [-0.2, -0.15) is 0 Å².